The Labute approximate surface area is 161 Å². The van der Waals surface area contributed by atoms with Gasteiger partial charge in [0.1, 0.15) is 0 Å². The molecular weight excluding hydrogens is 421 g/mol. The number of aryl methyl sites for hydroxylation is 1. The first-order valence-corrected chi connectivity index (χ1v) is 9.24. The molecule has 1 saturated heterocycles. The van der Waals surface area contributed by atoms with Gasteiger partial charge < -0.3 is 15.5 Å². The van der Waals surface area contributed by atoms with Crippen molar-refractivity contribution in [2.24, 2.45) is 4.99 Å². The number of hydrogen-bond donors (Lipinski definition) is 2. The number of aromatic nitrogens is 1. The summed E-state index contributed by atoms with van der Waals surface area (Å²) < 4.78 is 0. The van der Waals surface area contributed by atoms with Crippen LogP contribution in [0.5, 0.6) is 0 Å². The van der Waals surface area contributed by atoms with E-state index in [9.17, 15) is 0 Å². The van der Waals surface area contributed by atoms with Crippen LogP contribution in [0, 0.1) is 0 Å². The lowest BCUT2D eigenvalue weighted by Crippen LogP contribution is -2.43. The second-order valence-electron chi connectivity index (χ2n) is 5.65. The van der Waals surface area contributed by atoms with Crippen LogP contribution >= 0.6 is 35.3 Å². The second-order valence-corrected chi connectivity index (χ2v) is 6.85. The van der Waals surface area contributed by atoms with E-state index < -0.39 is 0 Å². The highest BCUT2D eigenvalue weighted by molar-refractivity contribution is 14.0. The Balaban J connectivity index is 0.00000264. The number of aliphatic imine (C=N–C) groups is 1. The molecule has 0 saturated carbocycles. The molecule has 7 heteroatoms. The third-order valence-corrected chi connectivity index (χ3v) is 5.18. The Morgan fingerprint density at radius 3 is 2.65 bits per heavy atom. The summed E-state index contributed by atoms with van der Waals surface area (Å²) in [5.74, 6) is 0.893. The molecule has 0 bridgehead atoms. The van der Waals surface area contributed by atoms with Gasteiger partial charge in [0.15, 0.2) is 5.96 Å². The number of nitrogens with zero attached hydrogens (tertiary/aromatic N) is 3. The highest BCUT2D eigenvalue weighted by atomic mass is 127. The predicted molar refractivity (Wildman–Crippen MR) is 110 cm³/mol. The number of hydrogen-bond acceptors (Lipinski definition) is 4. The van der Waals surface area contributed by atoms with Gasteiger partial charge >= 0.3 is 0 Å². The standard InChI is InChI=1S/C16H29N5S.HI/c1-3-14-13-20-15(22-14)7-8-18-16(17-2)19-9-12-21-10-5-4-6-11-21;/h13H,3-12H2,1-2H3,(H2,17,18,19);1H. The number of halogens is 1. The van der Waals surface area contributed by atoms with Crippen molar-refractivity contribution in [1.82, 2.24) is 20.5 Å². The van der Waals surface area contributed by atoms with E-state index >= 15 is 0 Å². The van der Waals surface area contributed by atoms with Crippen molar-refractivity contribution in [1.29, 1.82) is 0 Å². The first-order valence-electron chi connectivity index (χ1n) is 8.42. The summed E-state index contributed by atoms with van der Waals surface area (Å²) in [6.45, 7) is 7.60. The summed E-state index contributed by atoms with van der Waals surface area (Å²) in [7, 11) is 1.83. The third-order valence-electron chi connectivity index (χ3n) is 3.97. The summed E-state index contributed by atoms with van der Waals surface area (Å²) in [4.78, 5) is 12.6. The molecule has 1 aromatic heterocycles. The fourth-order valence-corrected chi connectivity index (χ4v) is 3.51. The maximum Gasteiger partial charge on any atom is 0.191 e. The van der Waals surface area contributed by atoms with Gasteiger partial charge in [0.2, 0.25) is 0 Å². The monoisotopic (exact) mass is 451 g/mol. The van der Waals surface area contributed by atoms with Crippen molar-refractivity contribution in [3.63, 3.8) is 0 Å². The first kappa shape index (κ1) is 20.6. The summed E-state index contributed by atoms with van der Waals surface area (Å²) in [5, 5.41) is 7.97. The van der Waals surface area contributed by atoms with Gasteiger partial charge in [0, 0.05) is 44.2 Å². The number of rotatable bonds is 7. The van der Waals surface area contributed by atoms with E-state index in [1.54, 1.807) is 0 Å². The minimum absolute atomic E-state index is 0. The Kier molecular flexibility index (Phi) is 10.8. The fraction of sp³-hybridized carbons (Fsp3) is 0.750. The minimum Gasteiger partial charge on any atom is -0.356 e. The summed E-state index contributed by atoms with van der Waals surface area (Å²) in [6, 6.07) is 0. The van der Waals surface area contributed by atoms with Crippen LogP contribution in [-0.2, 0) is 12.8 Å². The summed E-state index contributed by atoms with van der Waals surface area (Å²) in [5.41, 5.74) is 0. The lowest BCUT2D eigenvalue weighted by atomic mass is 10.1. The van der Waals surface area contributed by atoms with Gasteiger partial charge in [-0.3, -0.25) is 4.99 Å². The van der Waals surface area contributed by atoms with Crippen LogP contribution in [0.15, 0.2) is 11.2 Å². The molecule has 0 amide bonds. The average Bonchev–Trinajstić information content (AvgIpc) is 3.02. The van der Waals surface area contributed by atoms with Gasteiger partial charge in [-0.2, -0.15) is 0 Å². The van der Waals surface area contributed by atoms with Gasteiger partial charge in [-0.1, -0.05) is 13.3 Å². The predicted octanol–water partition coefficient (Wildman–Crippen LogP) is 2.52. The zero-order valence-electron chi connectivity index (χ0n) is 14.3. The van der Waals surface area contributed by atoms with Crippen molar-refractivity contribution < 1.29 is 0 Å². The topological polar surface area (TPSA) is 52.6 Å². The summed E-state index contributed by atoms with van der Waals surface area (Å²) >= 11 is 1.81. The molecule has 0 spiro atoms. The number of nitrogens with one attached hydrogen (secondary N) is 2. The lowest BCUT2D eigenvalue weighted by Gasteiger charge is -2.26. The largest absolute Gasteiger partial charge is 0.356 e. The molecule has 0 radical (unpaired) electrons. The van der Waals surface area contributed by atoms with Crippen LogP contribution in [0.1, 0.15) is 36.1 Å². The van der Waals surface area contributed by atoms with E-state index in [2.05, 4.69) is 32.4 Å². The SMILES string of the molecule is CCc1cnc(CCNC(=NC)NCCN2CCCCC2)s1.I. The number of piperidine rings is 1. The third kappa shape index (κ3) is 7.80. The van der Waals surface area contributed by atoms with E-state index in [-0.39, 0.29) is 24.0 Å². The van der Waals surface area contributed by atoms with Crippen LogP contribution in [-0.4, -0.2) is 55.6 Å². The molecule has 132 valence electrons. The Morgan fingerprint density at radius 1 is 1.26 bits per heavy atom. The van der Waals surface area contributed by atoms with E-state index in [0.29, 0.717) is 0 Å². The van der Waals surface area contributed by atoms with E-state index in [0.717, 1.165) is 38.4 Å². The van der Waals surface area contributed by atoms with Crippen LogP contribution < -0.4 is 10.6 Å². The Morgan fingerprint density at radius 2 is 2.00 bits per heavy atom. The van der Waals surface area contributed by atoms with Crippen LogP contribution in [0.3, 0.4) is 0 Å². The molecule has 1 aromatic rings. The molecule has 0 atom stereocenters. The van der Waals surface area contributed by atoms with Crippen molar-refractivity contribution in [2.75, 3.05) is 39.8 Å². The molecule has 23 heavy (non-hydrogen) atoms. The maximum absolute atomic E-state index is 4.44. The molecule has 5 nitrogen and oxygen atoms in total. The zero-order chi connectivity index (χ0) is 15.6. The van der Waals surface area contributed by atoms with Crippen LogP contribution in [0.4, 0.5) is 0 Å². The Bertz CT molecular complexity index is 457. The van der Waals surface area contributed by atoms with Gasteiger partial charge in [-0.25, -0.2) is 4.98 Å². The van der Waals surface area contributed by atoms with Crippen molar-refractivity contribution in [3.8, 4) is 0 Å². The van der Waals surface area contributed by atoms with Gasteiger partial charge in [-0.15, -0.1) is 35.3 Å². The molecule has 0 aromatic carbocycles. The maximum atomic E-state index is 4.44. The molecule has 2 heterocycles. The molecule has 0 unspecified atom stereocenters. The second kappa shape index (κ2) is 12.0. The van der Waals surface area contributed by atoms with Gasteiger partial charge in [0.25, 0.3) is 0 Å². The average molecular weight is 451 g/mol. The van der Waals surface area contributed by atoms with Crippen LogP contribution in [0.25, 0.3) is 0 Å². The zero-order valence-corrected chi connectivity index (χ0v) is 17.5. The van der Waals surface area contributed by atoms with E-state index in [1.165, 1.54) is 42.2 Å². The van der Waals surface area contributed by atoms with Gasteiger partial charge in [-0.05, 0) is 32.4 Å². The number of guanidine groups is 1. The normalized spacial score (nSPS) is 16.0. The fourth-order valence-electron chi connectivity index (χ4n) is 2.65. The molecule has 1 aliphatic rings. The molecule has 1 fully saturated rings. The quantitative estimate of drug-likeness (QED) is 0.380. The number of likely N-dealkylation sites (tertiary alicyclic amines) is 1. The van der Waals surface area contributed by atoms with Crippen LogP contribution in [0.2, 0.25) is 0 Å². The Hall–Kier alpha value is -0.410. The minimum atomic E-state index is 0. The molecule has 2 rings (SSSR count). The van der Waals surface area contributed by atoms with Crippen molar-refractivity contribution in [3.05, 3.63) is 16.1 Å². The molecule has 0 aliphatic carbocycles. The van der Waals surface area contributed by atoms with Gasteiger partial charge in [0.05, 0.1) is 5.01 Å². The molecule has 2 N–H and O–H groups in total. The smallest absolute Gasteiger partial charge is 0.191 e. The lowest BCUT2D eigenvalue weighted by molar-refractivity contribution is 0.232. The summed E-state index contributed by atoms with van der Waals surface area (Å²) in [6.07, 6.45) is 8.11. The van der Waals surface area contributed by atoms with Crippen molar-refractivity contribution >= 4 is 41.3 Å². The van der Waals surface area contributed by atoms with E-state index in [1.807, 2.05) is 24.6 Å². The van der Waals surface area contributed by atoms with Crippen molar-refractivity contribution in [2.45, 2.75) is 39.0 Å². The molecular formula is C16H30IN5S. The molecule has 1 aliphatic heterocycles. The highest BCUT2D eigenvalue weighted by Gasteiger charge is 2.09. The first-order chi connectivity index (χ1) is 10.8. The highest BCUT2D eigenvalue weighted by Crippen LogP contribution is 2.13. The number of thiazole rings is 1. The van der Waals surface area contributed by atoms with E-state index in [4.69, 9.17) is 0 Å².